The average molecular weight is 370 g/mol. The molecule has 1 aromatic rings. The van der Waals surface area contributed by atoms with Gasteiger partial charge in [-0.1, -0.05) is 38.1 Å². The van der Waals surface area contributed by atoms with Gasteiger partial charge in [0, 0.05) is 13.1 Å². The summed E-state index contributed by atoms with van der Waals surface area (Å²) in [5, 5.41) is 9.25. The van der Waals surface area contributed by atoms with Crippen LogP contribution >= 0.6 is 0 Å². The van der Waals surface area contributed by atoms with Gasteiger partial charge in [0.05, 0.1) is 12.2 Å². The molecule has 1 aliphatic rings. The summed E-state index contributed by atoms with van der Waals surface area (Å²) >= 11 is 0. The highest BCUT2D eigenvalue weighted by Gasteiger charge is 2.26. The molecule has 144 valence electrons. The predicted octanol–water partition coefficient (Wildman–Crippen LogP) is 2.90. The number of nitriles is 1. The highest BCUT2D eigenvalue weighted by Crippen LogP contribution is 2.17. The van der Waals surface area contributed by atoms with Crippen molar-refractivity contribution in [3.63, 3.8) is 0 Å². The number of hydrogen-bond donors (Lipinski definition) is 0. The zero-order chi connectivity index (χ0) is 20.0. The first kappa shape index (κ1) is 20.7. The molecule has 0 radical (unpaired) electrons. The van der Waals surface area contributed by atoms with Crippen LogP contribution in [0.3, 0.4) is 0 Å². The number of morpholine rings is 1. The van der Waals surface area contributed by atoms with Crippen molar-refractivity contribution in [3.8, 4) is 6.07 Å². The van der Waals surface area contributed by atoms with Crippen LogP contribution in [0.15, 0.2) is 29.8 Å². The summed E-state index contributed by atoms with van der Waals surface area (Å²) in [6.45, 7) is 8.51. The Hall–Kier alpha value is -2.65. The maximum atomic E-state index is 12.3. The van der Waals surface area contributed by atoms with Gasteiger partial charge in [-0.05, 0) is 37.0 Å². The summed E-state index contributed by atoms with van der Waals surface area (Å²) in [7, 11) is 0. The molecule has 1 heterocycles. The van der Waals surface area contributed by atoms with Crippen molar-refractivity contribution in [2.24, 2.45) is 0 Å². The molecule has 0 spiro atoms. The Balaban J connectivity index is 1.96. The maximum absolute atomic E-state index is 12.3. The lowest BCUT2D eigenvalue weighted by atomic mass is 10.0. The summed E-state index contributed by atoms with van der Waals surface area (Å²) < 4.78 is 10.6. The van der Waals surface area contributed by atoms with E-state index in [-0.39, 0.29) is 30.3 Å². The highest BCUT2D eigenvalue weighted by atomic mass is 16.5. The van der Waals surface area contributed by atoms with Gasteiger partial charge in [-0.25, -0.2) is 4.79 Å². The summed E-state index contributed by atoms with van der Waals surface area (Å²) in [6.07, 6.45) is 1.35. The minimum atomic E-state index is -0.798. The number of nitrogens with zero attached hydrogens (tertiary/aromatic N) is 2. The molecule has 0 bridgehead atoms. The van der Waals surface area contributed by atoms with Crippen LogP contribution in [0.2, 0.25) is 0 Å². The van der Waals surface area contributed by atoms with E-state index in [1.54, 1.807) is 4.90 Å². The largest absolute Gasteiger partial charge is 0.451 e. The summed E-state index contributed by atoms with van der Waals surface area (Å²) in [5.41, 5.74) is 1.77. The topological polar surface area (TPSA) is 79.6 Å². The number of amides is 1. The van der Waals surface area contributed by atoms with Crippen LogP contribution in [-0.2, 0) is 19.1 Å². The van der Waals surface area contributed by atoms with E-state index in [0.717, 1.165) is 5.56 Å². The van der Waals surface area contributed by atoms with Gasteiger partial charge in [0.25, 0.3) is 5.91 Å². The quantitative estimate of drug-likeness (QED) is 0.452. The molecule has 0 N–H and O–H groups in total. The van der Waals surface area contributed by atoms with Crippen molar-refractivity contribution < 1.29 is 19.1 Å². The Kier molecular flexibility index (Phi) is 7.14. The number of hydrogen-bond acceptors (Lipinski definition) is 5. The van der Waals surface area contributed by atoms with Crippen LogP contribution < -0.4 is 0 Å². The number of carbonyl (C=O) groups excluding carboxylic acids is 2. The zero-order valence-electron chi connectivity index (χ0n) is 16.3. The van der Waals surface area contributed by atoms with E-state index in [2.05, 4.69) is 13.8 Å². The van der Waals surface area contributed by atoms with E-state index in [9.17, 15) is 14.9 Å². The standard InChI is InChI=1S/C21H26N2O4/c1-14(2)18-7-5-17(6-8-18)9-19(10-22)21(25)26-13-20(24)23-11-15(3)27-16(4)12-23/h5-9,14-16H,11-13H2,1-4H3/b19-9+/t15-,16-/m0/s1. The van der Waals surface area contributed by atoms with Gasteiger partial charge >= 0.3 is 5.97 Å². The summed E-state index contributed by atoms with van der Waals surface area (Å²) in [4.78, 5) is 26.0. The number of esters is 1. The minimum Gasteiger partial charge on any atom is -0.451 e. The third-order valence-corrected chi connectivity index (χ3v) is 4.35. The van der Waals surface area contributed by atoms with Gasteiger partial charge in [-0.2, -0.15) is 5.26 Å². The summed E-state index contributed by atoms with van der Waals surface area (Å²) in [5.74, 6) is -0.683. The van der Waals surface area contributed by atoms with Crippen LogP contribution in [-0.4, -0.2) is 48.7 Å². The fourth-order valence-corrected chi connectivity index (χ4v) is 2.96. The first-order chi connectivity index (χ1) is 12.8. The van der Waals surface area contributed by atoms with Crippen molar-refractivity contribution in [3.05, 3.63) is 41.0 Å². The van der Waals surface area contributed by atoms with Crippen molar-refractivity contribution in [2.75, 3.05) is 19.7 Å². The van der Waals surface area contributed by atoms with E-state index in [0.29, 0.717) is 19.0 Å². The molecule has 0 aromatic heterocycles. The Morgan fingerprint density at radius 3 is 2.37 bits per heavy atom. The minimum absolute atomic E-state index is 0.0585. The first-order valence-corrected chi connectivity index (χ1v) is 9.12. The lowest BCUT2D eigenvalue weighted by molar-refractivity contribution is -0.154. The maximum Gasteiger partial charge on any atom is 0.349 e. The number of carbonyl (C=O) groups is 2. The molecule has 1 aliphatic heterocycles. The molecular formula is C21H26N2O4. The smallest absolute Gasteiger partial charge is 0.349 e. The number of ether oxygens (including phenoxy) is 2. The molecule has 1 fully saturated rings. The van der Waals surface area contributed by atoms with E-state index >= 15 is 0 Å². The molecular weight excluding hydrogens is 344 g/mol. The highest BCUT2D eigenvalue weighted by molar-refractivity contribution is 5.98. The molecule has 6 nitrogen and oxygen atoms in total. The van der Waals surface area contributed by atoms with Crippen molar-refractivity contribution >= 4 is 18.0 Å². The van der Waals surface area contributed by atoms with E-state index < -0.39 is 5.97 Å². The van der Waals surface area contributed by atoms with Gasteiger partial charge in [0.15, 0.2) is 6.61 Å². The monoisotopic (exact) mass is 370 g/mol. The SMILES string of the molecule is CC(C)c1ccc(/C=C(\C#N)C(=O)OCC(=O)N2C[C@H](C)O[C@@H](C)C2)cc1. The number of benzene rings is 1. The first-order valence-electron chi connectivity index (χ1n) is 9.12. The summed E-state index contributed by atoms with van der Waals surface area (Å²) in [6, 6.07) is 9.46. The van der Waals surface area contributed by atoms with E-state index in [4.69, 9.17) is 9.47 Å². The molecule has 0 unspecified atom stereocenters. The second kappa shape index (κ2) is 9.33. The average Bonchev–Trinajstić information content (AvgIpc) is 2.63. The molecule has 1 saturated heterocycles. The predicted molar refractivity (Wildman–Crippen MR) is 102 cm³/mol. The molecule has 1 amide bonds. The Morgan fingerprint density at radius 1 is 1.26 bits per heavy atom. The van der Waals surface area contributed by atoms with Gasteiger partial charge in [0.1, 0.15) is 11.6 Å². The molecule has 2 rings (SSSR count). The Bertz CT molecular complexity index is 736. The van der Waals surface area contributed by atoms with Crippen molar-refractivity contribution in [1.82, 2.24) is 4.90 Å². The molecule has 1 aromatic carbocycles. The normalized spacial score (nSPS) is 20.3. The van der Waals surface area contributed by atoms with Crippen LogP contribution in [0.5, 0.6) is 0 Å². The molecule has 6 heteroatoms. The fourth-order valence-electron chi connectivity index (χ4n) is 2.96. The second-order valence-electron chi connectivity index (χ2n) is 7.12. The van der Waals surface area contributed by atoms with Gasteiger partial charge in [-0.15, -0.1) is 0 Å². The Morgan fingerprint density at radius 2 is 1.85 bits per heavy atom. The van der Waals surface area contributed by atoms with Gasteiger partial charge in [-0.3, -0.25) is 4.79 Å². The van der Waals surface area contributed by atoms with Crippen LogP contribution in [0.1, 0.15) is 44.7 Å². The third kappa shape index (κ3) is 5.93. The lowest BCUT2D eigenvalue weighted by Gasteiger charge is -2.35. The third-order valence-electron chi connectivity index (χ3n) is 4.35. The van der Waals surface area contributed by atoms with Crippen molar-refractivity contribution in [2.45, 2.75) is 45.8 Å². The fraction of sp³-hybridized carbons (Fsp3) is 0.476. The van der Waals surface area contributed by atoms with E-state index in [1.165, 1.54) is 11.6 Å². The Labute approximate surface area is 160 Å². The number of rotatable bonds is 5. The molecule has 2 atom stereocenters. The lowest BCUT2D eigenvalue weighted by Crippen LogP contribution is -2.49. The van der Waals surface area contributed by atoms with E-state index in [1.807, 2.05) is 44.2 Å². The van der Waals surface area contributed by atoms with Crippen LogP contribution in [0.4, 0.5) is 0 Å². The van der Waals surface area contributed by atoms with Gasteiger partial charge < -0.3 is 14.4 Å². The van der Waals surface area contributed by atoms with Crippen molar-refractivity contribution in [1.29, 1.82) is 5.26 Å². The van der Waals surface area contributed by atoms with Crippen LogP contribution in [0.25, 0.3) is 6.08 Å². The van der Waals surface area contributed by atoms with Gasteiger partial charge in [0.2, 0.25) is 0 Å². The molecule has 27 heavy (non-hydrogen) atoms. The van der Waals surface area contributed by atoms with Crippen LogP contribution in [0, 0.1) is 11.3 Å². The second-order valence-corrected chi connectivity index (χ2v) is 7.12. The molecule has 0 aliphatic carbocycles. The zero-order valence-corrected chi connectivity index (χ0v) is 16.3. The molecule has 0 saturated carbocycles.